The number of hydrogen-bond donors (Lipinski definition) is 1. The predicted octanol–water partition coefficient (Wildman–Crippen LogP) is 3.90. The van der Waals surface area contributed by atoms with Gasteiger partial charge >= 0.3 is 0 Å². The average molecular weight is 294 g/mol. The minimum Gasteiger partial charge on any atom is -0.316 e. The normalized spacial score (nSPS) is 38.9. The van der Waals surface area contributed by atoms with Gasteiger partial charge < -0.3 is 5.32 Å². The molecule has 1 aromatic carbocycles. The van der Waals surface area contributed by atoms with Gasteiger partial charge in [-0.25, -0.2) is 4.39 Å². The van der Waals surface area contributed by atoms with Crippen molar-refractivity contribution in [2.75, 3.05) is 7.05 Å². The van der Waals surface area contributed by atoms with Gasteiger partial charge in [-0.05, 0) is 74.0 Å². The third-order valence-corrected chi connectivity index (χ3v) is 6.39. The smallest absolute Gasteiger partial charge is 0.145 e. The Hall–Kier alpha value is -0.600. The molecule has 0 radical (unpaired) electrons. The Balaban J connectivity index is 1.51. The van der Waals surface area contributed by atoms with Gasteiger partial charge in [0.15, 0.2) is 0 Å². The van der Waals surface area contributed by atoms with Crippen LogP contribution in [0.3, 0.4) is 0 Å². The largest absolute Gasteiger partial charge is 0.316 e. The molecule has 3 heteroatoms. The average Bonchev–Trinajstić information content (AvgIpc) is 2.88. The van der Waals surface area contributed by atoms with E-state index in [2.05, 4.69) is 5.32 Å². The fraction of sp³-hybridized carbons (Fsp3) is 0.647. The zero-order chi connectivity index (χ0) is 13.9. The summed E-state index contributed by atoms with van der Waals surface area (Å²) in [7, 11) is 2.02. The van der Waals surface area contributed by atoms with Crippen molar-refractivity contribution >= 4 is 11.6 Å². The maximum atomic E-state index is 14.1. The molecule has 3 fully saturated rings. The lowest BCUT2D eigenvalue weighted by Crippen LogP contribution is -2.32. The molecule has 0 aromatic heterocycles. The Labute approximate surface area is 124 Å². The fourth-order valence-corrected chi connectivity index (χ4v) is 5.50. The number of rotatable bonds is 4. The Morgan fingerprint density at radius 1 is 1.30 bits per heavy atom. The highest BCUT2D eigenvalue weighted by molar-refractivity contribution is 6.30. The molecule has 0 heterocycles. The summed E-state index contributed by atoms with van der Waals surface area (Å²) in [6, 6.07) is 5.76. The number of hydrogen-bond acceptors (Lipinski definition) is 1. The van der Waals surface area contributed by atoms with E-state index in [1.165, 1.54) is 19.3 Å². The predicted molar refractivity (Wildman–Crippen MR) is 79.3 cm³/mol. The van der Waals surface area contributed by atoms with Crippen LogP contribution in [0.5, 0.6) is 0 Å². The molecular formula is C17H21ClFN. The standard InChI is InChI=1S/C17H21ClFN/c1-20-13(8-11-3-2-4-12(18)17(11)19)16-14-9-5-6-10(7-9)15(14)16/h2-4,9-10,13-16,20H,5-8H2,1H3. The lowest BCUT2D eigenvalue weighted by Gasteiger charge is -2.20. The van der Waals surface area contributed by atoms with Crippen LogP contribution in [0.2, 0.25) is 5.02 Å². The molecule has 1 aromatic rings. The first kappa shape index (κ1) is 13.1. The minimum absolute atomic E-state index is 0.233. The molecule has 0 aliphatic heterocycles. The van der Waals surface area contributed by atoms with Gasteiger partial charge in [0.25, 0.3) is 0 Å². The van der Waals surface area contributed by atoms with Crippen molar-refractivity contribution < 1.29 is 4.39 Å². The van der Waals surface area contributed by atoms with Gasteiger partial charge in [0.1, 0.15) is 5.82 Å². The van der Waals surface area contributed by atoms with Crippen LogP contribution in [-0.4, -0.2) is 13.1 Å². The first-order valence-electron chi connectivity index (χ1n) is 7.81. The third-order valence-electron chi connectivity index (χ3n) is 6.10. The molecule has 108 valence electrons. The Morgan fingerprint density at radius 2 is 2.00 bits per heavy atom. The molecule has 0 amide bonds. The summed E-state index contributed by atoms with van der Waals surface area (Å²) in [5, 5.41) is 3.69. The molecule has 4 rings (SSSR count). The van der Waals surface area contributed by atoms with Gasteiger partial charge in [-0.15, -0.1) is 0 Å². The van der Waals surface area contributed by atoms with E-state index in [1.807, 2.05) is 19.2 Å². The van der Waals surface area contributed by atoms with E-state index >= 15 is 0 Å². The van der Waals surface area contributed by atoms with Crippen LogP contribution in [0.15, 0.2) is 18.2 Å². The first-order chi connectivity index (χ1) is 9.70. The molecule has 5 unspecified atom stereocenters. The van der Waals surface area contributed by atoms with Gasteiger partial charge in [0, 0.05) is 6.04 Å². The first-order valence-corrected chi connectivity index (χ1v) is 8.18. The van der Waals surface area contributed by atoms with Crippen LogP contribution < -0.4 is 5.32 Å². The maximum absolute atomic E-state index is 14.1. The van der Waals surface area contributed by atoms with Crippen molar-refractivity contribution in [1.82, 2.24) is 5.32 Å². The molecule has 5 atom stereocenters. The topological polar surface area (TPSA) is 12.0 Å². The zero-order valence-electron chi connectivity index (χ0n) is 11.8. The number of benzene rings is 1. The van der Waals surface area contributed by atoms with E-state index in [9.17, 15) is 4.39 Å². The minimum atomic E-state index is -0.233. The van der Waals surface area contributed by atoms with E-state index < -0.39 is 0 Å². The van der Waals surface area contributed by atoms with E-state index in [0.717, 1.165) is 41.6 Å². The summed E-state index contributed by atoms with van der Waals surface area (Å²) in [5.74, 6) is 4.32. The van der Waals surface area contributed by atoms with E-state index in [4.69, 9.17) is 11.6 Å². The van der Waals surface area contributed by atoms with Crippen molar-refractivity contribution in [2.24, 2.45) is 29.6 Å². The third kappa shape index (κ3) is 1.84. The van der Waals surface area contributed by atoms with Crippen molar-refractivity contribution in [3.8, 4) is 0 Å². The second-order valence-corrected chi connectivity index (χ2v) is 7.28. The maximum Gasteiger partial charge on any atom is 0.145 e. The summed E-state index contributed by atoms with van der Waals surface area (Å²) < 4.78 is 14.1. The van der Waals surface area contributed by atoms with Crippen LogP contribution in [0.4, 0.5) is 4.39 Å². The summed E-state index contributed by atoms with van der Waals surface area (Å²) in [5.41, 5.74) is 0.758. The van der Waals surface area contributed by atoms with Crippen molar-refractivity contribution in [3.63, 3.8) is 0 Å². The second kappa shape index (κ2) is 4.71. The molecule has 3 saturated carbocycles. The van der Waals surface area contributed by atoms with Crippen LogP contribution in [0, 0.1) is 35.4 Å². The summed E-state index contributed by atoms with van der Waals surface area (Å²) in [4.78, 5) is 0. The Morgan fingerprint density at radius 3 is 2.65 bits per heavy atom. The Kier molecular flexibility index (Phi) is 3.08. The van der Waals surface area contributed by atoms with E-state index in [-0.39, 0.29) is 10.8 Å². The van der Waals surface area contributed by atoms with Gasteiger partial charge in [-0.1, -0.05) is 23.7 Å². The Bertz CT molecular complexity index is 516. The van der Waals surface area contributed by atoms with Gasteiger partial charge in [-0.2, -0.15) is 0 Å². The fourth-order valence-electron chi connectivity index (χ4n) is 5.30. The highest BCUT2D eigenvalue weighted by Crippen LogP contribution is 2.70. The molecule has 3 aliphatic carbocycles. The van der Waals surface area contributed by atoms with Crippen molar-refractivity contribution in [1.29, 1.82) is 0 Å². The van der Waals surface area contributed by atoms with E-state index in [0.29, 0.717) is 6.04 Å². The lowest BCUT2D eigenvalue weighted by atomic mass is 9.93. The molecule has 1 nitrogen and oxygen atoms in total. The molecule has 2 bridgehead atoms. The summed E-state index contributed by atoms with van der Waals surface area (Å²) in [6.07, 6.45) is 5.10. The highest BCUT2D eigenvalue weighted by atomic mass is 35.5. The number of halogens is 2. The van der Waals surface area contributed by atoms with Crippen LogP contribution >= 0.6 is 11.6 Å². The lowest BCUT2D eigenvalue weighted by molar-refractivity contribution is 0.374. The quantitative estimate of drug-likeness (QED) is 0.888. The van der Waals surface area contributed by atoms with Crippen LogP contribution in [0.25, 0.3) is 0 Å². The SMILES string of the molecule is CNC(Cc1cccc(Cl)c1F)C1C2C3CCC(C3)C21. The van der Waals surface area contributed by atoms with Crippen LogP contribution in [0.1, 0.15) is 24.8 Å². The summed E-state index contributed by atoms with van der Waals surface area (Å²) in [6.45, 7) is 0. The zero-order valence-corrected chi connectivity index (χ0v) is 12.5. The monoisotopic (exact) mass is 293 g/mol. The number of nitrogens with one attached hydrogen (secondary N) is 1. The molecule has 1 N–H and O–H groups in total. The number of fused-ring (bicyclic) bond motifs is 5. The van der Waals surface area contributed by atoms with Crippen LogP contribution in [-0.2, 0) is 6.42 Å². The van der Waals surface area contributed by atoms with Gasteiger partial charge in [-0.3, -0.25) is 0 Å². The van der Waals surface area contributed by atoms with E-state index in [1.54, 1.807) is 6.07 Å². The number of likely N-dealkylation sites (N-methyl/N-ethyl adjacent to an activating group) is 1. The summed E-state index contributed by atoms with van der Waals surface area (Å²) >= 11 is 5.89. The van der Waals surface area contributed by atoms with Crippen molar-refractivity contribution in [3.05, 3.63) is 34.6 Å². The van der Waals surface area contributed by atoms with Crippen molar-refractivity contribution in [2.45, 2.75) is 31.7 Å². The van der Waals surface area contributed by atoms with Gasteiger partial charge in [0.2, 0.25) is 0 Å². The second-order valence-electron chi connectivity index (χ2n) is 6.88. The highest BCUT2D eigenvalue weighted by Gasteiger charge is 2.66. The van der Waals surface area contributed by atoms with Gasteiger partial charge in [0.05, 0.1) is 5.02 Å². The molecule has 0 saturated heterocycles. The molecule has 3 aliphatic rings. The molecule has 0 spiro atoms. The molecule has 20 heavy (non-hydrogen) atoms. The molecular weight excluding hydrogens is 273 g/mol.